The molecule has 0 radical (unpaired) electrons. The van der Waals surface area contributed by atoms with Crippen LogP contribution in [0.5, 0.6) is 0 Å². The lowest BCUT2D eigenvalue weighted by atomic mass is 10.2. The largest absolute Gasteiger partial charge is 0.350 e. The lowest BCUT2D eigenvalue weighted by Crippen LogP contribution is -2.24. The second-order valence-corrected chi connectivity index (χ2v) is 2.84. The minimum atomic E-state index is -0.810. The molecule has 0 saturated carbocycles. The highest BCUT2D eigenvalue weighted by atomic mass is 35.5. The fourth-order valence-electron chi connectivity index (χ4n) is 0.772. The van der Waals surface area contributed by atoms with Gasteiger partial charge in [0.05, 0.1) is 6.21 Å². The number of benzene rings is 1. The average molecular weight is 216 g/mol. The van der Waals surface area contributed by atoms with E-state index in [9.17, 15) is 9.18 Å². The summed E-state index contributed by atoms with van der Waals surface area (Å²) in [6.07, 6.45) is 1.14. The first-order valence-electron chi connectivity index (χ1n) is 3.63. The maximum atomic E-state index is 13.1. The molecule has 2 amide bonds. The molecule has 6 heteroatoms. The molecule has 0 heterocycles. The number of hydrogen-bond acceptors (Lipinski definition) is 2. The molecule has 0 fully saturated rings. The Morgan fingerprint density at radius 3 is 2.93 bits per heavy atom. The molecule has 0 aliphatic carbocycles. The first-order chi connectivity index (χ1) is 6.59. The van der Waals surface area contributed by atoms with E-state index in [-0.39, 0.29) is 5.56 Å². The second kappa shape index (κ2) is 4.57. The van der Waals surface area contributed by atoms with E-state index < -0.39 is 11.8 Å². The molecule has 74 valence electrons. The highest BCUT2D eigenvalue weighted by molar-refractivity contribution is 6.30. The van der Waals surface area contributed by atoms with Crippen molar-refractivity contribution in [3.63, 3.8) is 0 Å². The third kappa shape index (κ3) is 3.02. The van der Waals surface area contributed by atoms with E-state index in [1.54, 1.807) is 0 Å². The van der Waals surface area contributed by atoms with Crippen LogP contribution in [0.15, 0.2) is 23.3 Å². The molecule has 1 aromatic carbocycles. The highest BCUT2D eigenvalue weighted by Crippen LogP contribution is 2.12. The van der Waals surface area contributed by atoms with Gasteiger partial charge >= 0.3 is 6.03 Å². The molecule has 0 atom stereocenters. The van der Waals surface area contributed by atoms with Crippen LogP contribution in [-0.4, -0.2) is 12.2 Å². The zero-order valence-electron chi connectivity index (χ0n) is 7.00. The standard InChI is InChI=1S/C8H7ClFN3O/c9-6-2-1-5(7(10)3-6)4-12-13-8(11)14/h1-4H,(H3,11,13,14)/b12-4+. The van der Waals surface area contributed by atoms with Crippen molar-refractivity contribution in [2.24, 2.45) is 10.8 Å². The second-order valence-electron chi connectivity index (χ2n) is 2.40. The Balaban J connectivity index is 2.76. The van der Waals surface area contributed by atoms with Gasteiger partial charge in [0, 0.05) is 10.6 Å². The van der Waals surface area contributed by atoms with Gasteiger partial charge < -0.3 is 5.73 Å². The Hall–Kier alpha value is -1.62. The van der Waals surface area contributed by atoms with Crippen molar-refractivity contribution in [1.82, 2.24) is 5.43 Å². The van der Waals surface area contributed by atoms with Gasteiger partial charge in [0.15, 0.2) is 0 Å². The molecule has 1 aromatic rings. The smallest absolute Gasteiger partial charge is 0.332 e. The maximum Gasteiger partial charge on any atom is 0.332 e. The van der Waals surface area contributed by atoms with Crippen molar-refractivity contribution >= 4 is 23.8 Å². The van der Waals surface area contributed by atoms with Gasteiger partial charge in [0.25, 0.3) is 0 Å². The fraction of sp³-hybridized carbons (Fsp3) is 0. The summed E-state index contributed by atoms with van der Waals surface area (Å²) in [4.78, 5) is 10.2. The quantitative estimate of drug-likeness (QED) is 0.570. The van der Waals surface area contributed by atoms with Gasteiger partial charge in [0.1, 0.15) is 5.82 Å². The highest BCUT2D eigenvalue weighted by Gasteiger charge is 1.99. The lowest BCUT2D eigenvalue weighted by Gasteiger charge is -1.96. The molecular weight excluding hydrogens is 209 g/mol. The predicted octanol–water partition coefficient (Wildman–Crippen LogP) is 1.48. The van der Waals surface area contributed by atoms with E-state index in [4.69, 9.17) is 17.3 Å². The van der Waals surface area contributed by atoms with Gasteiger partial charge in [-0.25, -0.2) is 14.6 Å². The number of amides is 2. The van der Waals surface area contributed by atoms with Gasteiger partial charge in [-0.15, -0.1) is 0 Å². The van der Waals surface area contributed by atoms with Crippen LogP contribution in [0.1, 0.15) is 5.56 Å². The molecule has 0 saturated heterocycles. The van der Waals surface area contributed by atoms with E-state index in [0.717, 1.165) is 12.3 Å². The Kier molecular flexibility index (Phi) is 3.41. The number of hydrazone groups is 1. The molecule has 4 nitrogen and oxygen atoms in total. The molecule has 3 N–H and O–H groups in total. The van der Waals surface area contributed by atoms with Crippen LogP contribution >= 0.6 is 11.6 Å². The summed E-state index contributed by atoms with van der Waals surface area (Å²) < 4.78 is 13.1. The first kappa shape index (κ1) is 10.5. The molecule has 0 unspecified atom stereocenters. The third-order valence-electron chi connectivity index (χ3n) is 1.34. The zero-order valence-corrected chi connectivity index (χ0v) is 7.75. The fourth-order valence-corrected chi connectivity index (χ4v) is 0.930. The third-order valence-corrected chi connectivity index (χ3v) is 1.58. The summed E-state index contributed by atoms with van der Waals surface area (Å²) >= 11 is 5.53. The minimum Gasteiger partial charge on any atom is -0.350 e. The summed E-state index contributed by atoms with van der Waals surface area (Å²) in [5.41, 5.74) is 6.90. The van der Waals surface area contributed by atoms with Gasteiger partial charge in [-0.1, -0.05) is 11.6 Å². The molecular formula is C8H7ClFN3O. The molecule has 14 heavy (non-hydrogen) atoms. The van der Waals surface area contributed by atoms with Gasteiger partial charge in [-0.2, -0.15) is 5.10 Å². The molecule has 0 bridgehead atoms. The number of primary amides is 1. The van der Waals surface area contributed by atoms with Crippen LogP contribution in [0, 0.1) is 5.82 Å². The summed E-state index contributed by atoms with van der Waals surface area (Å²) in [6, 6.07) is 3.28. The van der Waals surface area contributed by atoms with Crippen LogP contribution in [-0.2, 0) is 0 Å². The number of carbonyl (C=O) groups is 1. The Morgan fingerprint density at radius 2 is 2.36 bits per heavy atom. The molecule has 1 rings (SSSR count). The van der Waals surface area contributed by atoms with Crippen molar-refractivity contribution < 1.29 is 9.18 Å². The number of nitrogens with one attached hydrogen (secondary N) is 1. The summed E-state index contributed by atoms with van der Waals surface area (Å²) in [5.74, 6) is -0.521. The zero-order chi connectivity index (χ0) is 10.6. The Labute approximate surface area is 84.5 Å². The van der Waals surface area contributed by atoms with Gasteiger partial charge in [0.2, 0.25) is 0 Å². The van der Waals surface area contributed by atoms with E-state index in [1.807, 2.05) is 5.43 Å². The average Bonchev–Trinajstić information content (AvgIpc) is 2.08. The molecule has 0 aliphatic rings. The van der Waals surface area contributed by atoms with E-state index in [0.29, 0.717) is 5.02 Å². The van der Waals surface area contributed by atoms with Crippen molar-refractivity contribution in [3.8, 4) is 0 Å². The maximum absolute atomic E-state index is 13.1. The summed E-state index contributed by atoms with van der Waals surface area (Å²) in [6.45, 7) is 0. The number of urea groups is 1. The lowest BCUT2D eigenvalue weighted by molar-refractivity contribution is 0.249. The van der Waals surface area contributed by atoms with Crippen molar-refractivity contribution in [2.45, 2.75) is 0 Å². The van der Waals surface area contributed by atoms with E-state index in [1.165, 1.54) is 12.1 Å². The SMILES string of the molecule is NC(=O)N/N=C/c1ccc(Cl)cc1F. The number of hydrogen-bond donors (Lipinski definition) is 2. The van der Waals surface area contributed by atoms with Crippen LogP contribution in [0.25, 0.3) is 0 Å². The molecule has 0 aromatic heterocycles. The first-order valence-corrected chi connectivity index (χ1v) is 4.01. The van der Waals surface area contributed by atoms with Gasteiger partial charge in [-0.05, 0) is 18.2 Å². The van der Waals surface area contributed by atoms with Crippen LogP contribution in [0.2, 0.25) is 5.02 Å². The Bertz CT molecular complexity index is 381. The number of rotatable bonds is 2. The predicted molar refractivity (Wildman–Crippen MR) is 51.7 cm³/mol. The summed E-state index contributed by atoms with van der Waals surface area (Å²) in [5, 5.41) is 3.69. The van der Waals surface area contributed by atoms with E-state index >= 15 is 0 Å². The molecule has 0 spiro atoms. The Morgan fingerprint density at radius 1 is 1.64 bits per heavy atom. The topological polar surface area (TPSA) is 67.5 Å². The normalized spacial score (nSPS) is 10.4. The number of nitrogens with two attached hydrogens (primary N) is 1. The minimum absolute atomic E-state index is 0.211. The monoisotopic (exact) mass is 215 g/mol. The number of nitrogens with zero attached hydrogens (tertiary/aromatic N) is 1. The van der Waals surface area contributed by atoms with Crippen LogP contribution in [0.4, 0.5) is 9.18 Å². The number of halogens is 2. The molecule has 0 aliphatic heterocycles. The van der Waals surface area contributed by atoms with Gasteiger partial charge in [-0.3, -0.25) is 0 Å². The van der Waals surface area contributed by atoms with E-state index in [2.05, 4.69) is 5.10 Å². The number of carbonyl (C=O) groups excluding carboxylic acids is 1. The van der Waals surface area contributed by atoms with Crippen molar-refractivity contribution in [3.05, 3.63) is 34.6 Å². The van der Waals surface area contributed by atoms with Crippen LogP contribution < -0.4 is 11.2 Å². The van der Waals surface area contributed by atoms with Crippen LogP contribution in [0.3, 0.4) is 0 Å². The summed E-state index contributed by atoms with van der Waals surface area (Å²) in [7, 11) is 0. The van der Waals surface area contributed by atoms with Crippen molar-refractivity contribution in [1.29, 1.82) is 0 Å². The van der Waals surface area contributed by atoms with Crippen molar-refractivity contribution in [2.75, 3.05) is 0 Å².